The number of fused-ring (bicyclic) bond motifs is 1. The molecule has 0 saturated carbocycles. The summed E-state index contributed by atoms with van der Waals surface area (Å²) in [7, 11) is 1.00. The Bertz CT molecular complexity index is 431. The van der Waals surface area contributed by atoms with Crippen LogP contribution in [0.2, 0.25) is 0 Å². The average molecular weight is 178 g/mol. The first kappa shape index (κ1) is 9.48. The summed E-state index contributed by atoms with van der Waals surface area (Å²) < 4.78 is 4.91. The van der Waals surface area contributed by atoms with Crippen molar-refractivity contribution in [1.29, 1.82) is 0 Å². The fourth-order valence-corrected chi connectivity index (χ4v) is 1.01. The van der Waals surface area contributed by atoms with E-state index >= 15 is 0 Å². The molecule has 0 spiro atoms. The van der Waals surface area contributed by atoms with Gasteiger partial charge in [-0.2, -0.15) is 0 Å². The Balaban J connectivity index is 0.000000396. The number of aliphatic hydroxyl groups is 1. The molecule has 0 bridgehead atoms. The van der Waals surface area contributed by atoms with Crippen LogP contribution in [0.1, 0.15) is 0 Å². The maximum Gasteiger partial charge on any atom is 0.336 e. The molecule has 1 heterocycles. The molecule has 1 aromatic carbocycles. The topological polar surface area (TPSA) is 50.4 Å². The van der Waals surface area contributed by atoms with Crippen LogP contribution >= 0.6 is 0 Å². The average Bonchev–Trinajstić information content (AvgIpc) is 2.21. The monoisotopic (exact) mass is 178 g/mol. The fourth-order valence-electron chi connectivity index (χ4n) is 1.01. The predicted octanol–water partition coefficient (Wildman–Crippen LogP) is 1.40. The van der Waals surface area contributed by atoms with Gasteiger partial charge in [-0.3, -0.25) is 0 Å². The summed E-state index contributed by atoms with van der Waals surface area (Å²) in [5, 5.41) is 7.95. The van der Waals surface area contributed by atoms with Crippen molar-refractivity contribution >= 4 is 11.0 Å². The van der Waals surface area contributed by atoms with E-state index in [0.717, 1.165) is 12.5 Å². The van der Waals surface area contributed by atoms with Crippen molar-refractivity contribution in [3.8, 4) is 0 Å². The second-order valence-corrected chi connectivity index (χ2v) is 2.29. The van der Waals surface area contributed by atoms with Gasteiger partial charge in [0.1, 0.15) is 5.58 Å². The van der Waals surface area contributed by atoms with Crippen LogP contribution in [0.3, 0.4) is 0 Å². The highest BCUT2D eigenvalue weighted by molar-refractivity contribution is 5.75. The van der Waals surface area contributed by atoms with Crippen molar-refractivity contribution in [2.75, 3.05) is 7.11 Å². The zero-order chi connectivity index (χ0) is 9.68. The van der Waals surface area contributed by atoms with Gasteiger partial charge in [-0.25, -0.2) is 4.79 Å². The maximum atomic E-state index is 10.7. The van der Waals surface area contributed by atoms with Crippen molar-refractivity contribution < 1.29 is 9.52 Å². The summed E-state index contributed by atoms with van der Waals surface area (Å²) >= 11 is 0. The summed E-state index contributed by atoms with van der Waals surface area (Å²) in [4.78, 5) is 10.7. The van der Waals surface area contributed by atoms with Gasteiger partial charge >= 0.3 is 5.63 Å². The van der Waals surface area contributed by atoms with E-state index in [4.69, 9.17) is 9.52 Å². The molecule has 1 aromatic heterocycles. The van der Waals surface area contributed by atoms with Crippen molar-refractivity contribution in [3.05, 3.63) is 46.8 Å². The molecule has 2 aromatic rings. The molecule has 68 valence electrons. The third-order valence-corrected chi connectivity index (χ3v) is 1.53. The Morgan fingerprint density at radius 1 is 1.08 bits per heavy atom. The largest absolute Gasteiger partial charge is 0.423 e. The Morgan fingerprint density at radius 3 is 2.54 bits per heavy atom. The van der Waals surface area contributed by atoms with E-state index in [1.807, 2.05) is 18.2 Å². The summed E-state index contributed by atoms with van der Waals surface area (Å²) in [6, 6.07) is 10.6. The molecule has 0 atom stereocenters. The highest BCUT2D eigenvalue weighted by Gasteiger charge is 1.92. The molecular weight excluding hydrogens is 168 g/mol. The first-order chi connectivity index (χ1) is 6.36. The molecule has 0 radical (unpaired) electrons. The molecular formula is C10H10O3. The van der Waals surface area contributed by atoms with E-state index in [1.165, 1.54) is 6.07 Å². The molecule has 0 amide bonds. The summed E-state index contributed by atoms with van der Waals surface area (Å²) in [5.41, 5.74) is 0.337. The van der Waals surface area contributed by atoms with E-state index in [-0.39, 0.29) is 5.63 Å². The SMILES string of the molecule is CO.O=c1ccc2ccccc2o1. The van der Waals surface area contributed by atoms with Gasteiger partial charge in [-0.1, -0.05) is 18.2 Å². The van der Waals surface area contributed by atoms with Crippen LogP contribution in [-0.2, 0) is 0 Å². The molecule has 2 rings (SSSR count). The molecule has 0 unspecified atom stereocenters. The number of para-hydroxylation sites is 1. The van der Waals surface area contributed by atoms with E-state index in [2.05, 4.69) is 0 Å². The summed E-state index contributed by atoms with van der Waals surface area (Å²) in [6.45, 7) is 0. The van der Waals surface area contributed by atoms with Crippen LogP contribution in [0.4, 0.5) is 0 Å². The normalized spacial score (nSPS) is 9.08. The smallest absolute Gasteiger partial charge is 0.336 e. The van der Waals surface area contributed by atoms with Gasteiger partial charge in [0.05, 0.1) is 0 Å². The van der Waals surface area contributed by atoms with Gasteiger partial charge < -0.3 is 9.52 Å². The van der Waals surface area contributed by atoms with Crippen molar-refractivity contribution in [1.82, 2.24) is 0 Å². The second kappa shape index (κ2) is 4.42. The van der Waals surface area contributed by atoms with E-state index in [1.54, 1.807) is 12.1 Å². The van der Waals surface area contributed by atoms with Crippen LogP contribution in [0, 0.1) is 0 Å². The minimum absolute atomic E-state index is 0.302. The van der Waals surface area contributed by atoms with E-state index in [9.17, 15) is 4.79 Å². The van der Waals surface area contributed by atoms with Gasteiger partial charge in [0.25, 0.3) is 0 Å². The van der Waals surface area contributed by atoms with E-state index in [0.29, 0.717) is 5.58 Å². The number of benzene rings is 1. The molecule has 0 aliphatic heterocycles. The molecule has 0 aliphatic carbocycles. The van der Waals surface area contributed by atoms with Crippen LogP contribution < -0.4 is 5.63 Å². The minimum Gasteiger partial charge on any atom is -0.423 e. The van der Waals surface area contributed by atoms with Gasteiger partial charge in [-0.05, 0) is 12.1 Å². The molecule has 3 nitrogen and oxygen atoms in total. The number of rotatable bonds is 0. The van der Waals surface area contributed by atoms with Gasteiger partial charge in [0.2, 0.25) is 0 Å². The summed E-state index contributed by atoms with van der Waals surface area (Å²) in [5.74, 6) is 0. The second-order valence-electron chi connectivity index (χ2n) is 2.29. The standard InChI is InChI=1S/C9H6O2.CH4O/c10-9-6-5-7-3-1-2-4-8(7)11-9;1-2/h1-6H;2H,1H3. The molecule has 0 saturated heterocycles. The van der Waals surface area contributed by atoms with Crippen LogP contribution in [0.25, 0.3) is 11.0 Å². The lowest BCUT2D eigenvalue weighted by Gasteiger charge is -1.91. The maximum absolute atomic E-state index is 10.7. The lowest BCUT2D eigenvalue weighted by molar-refractivity contribution is 0.399. The Kier molecular flexibility index (Phi) is 3.23. The molecule has 3 heteroatoms. The third kappa shape index (κ3) is 2.16. The van der Waals surface area contributed by atoms with Crippen LogP contribution in [0.5, 0.6) is 0 Å². The molecule has 0 fully saturated rings. The molecule has 13 heavy (non-hydrogen) atoms. The summed E-state index contributed by atoms with van der Waals surface area (Å²) in [6.07, 6.45) is 0. The lowest BCUT2D eigenvalue weighted by atomic mass is 10.2. The zero-order valence-corrected chi connectivity index (χ0v) is 7.23. The van der Waals surface area contributed by atoms with Crippen LogP contribution in [-0.4, -0.2) is 12.2 Å². The molecule has 1 N–H and O–H groups in total. The quantitative estimate of drug-likeness (QED) is 0.620. The van der Waals surface area contributed by atoms with Gasteiger partial charge in [-0.15, -0.1) is 0 Å². The number of aliphatic hydroxyl groups excluding tert-OH is 1. The number of hydrogen-bond acceptors (Lipinski definition) is 3. The fraction of sp³-hybridized carbons (Fsp3) is 0.100. The predicted molar refractivity (Wildman–Crippen MR) is 50.6 cm³/mol. The van der Waals surface area contributed by atoms with Crippen molar-refractivity contribution in [2.24, 2.45) is 0 Å². The van der Waals surface area contributed by atoms with Crippen molar-refractivity contribution in [3.63, 3.8) is 0 Å². The lowest BCUT2D eigenvalue weighted by Crippen LogP contribution is -1.93. The highest BCUT2D eigenvalue weighted by Crippen LogP contribution is 2.08. The van der Waals surface area contributed by atoms with Crippen LogP contribution in [0.15, 0.2) is 45.6 Å². The van der Waals surface area contributed by atoms with Gasteiger partial charge in [0, 0.05) is 18.6 Å². The first-order valence-corrected chi connectivity index (χ1v) is 3.80. The zero-order valence-electron chi connectivity index (χ0n) is 7.23. The Hall–Kier alpha value is -1.61. The minimum atomic E-state index is -0.302. The van der Waals surface area contributed by atoms with E-state index < -0.39 is 0 Å². The van der Waals surface area contributed by atoms with Crippen molar-refractivity contribution in [2.45, 2.75) is 0 Å². The Morgan fingerprint density at radius 2 is 1.77 bits per heavy atom. The third-order valence-electron chi connectivity index (χ3n) is 1.53. The highest BCUT2D eigenvalue weighted by atomic mass is 16.4. The van der Waals surface area contributed by atoms with Gasteiger partial charge in [0.15, 0.2) is 0 Å². The first-order valence-electron chi connectivity index (χ1n) is 3.80. The number of hydrogen-bond donors (Lipinski definition) is 1. The molecule has 0 aliphatic rings. The Labute approximate surface area is 75.2 Å².